The maximum Gasteiger partial charge on any atom is 0.253 e. The molecule has 7 nitrogen and oxygen atoms in total. The van der Waals surface area contributed by atoms with E-state index in [2.05, 4.69) is 20.7 Å². The first kappa shape index (κ1) is 14.2. The highest BCUT2D eigenvalue weighted by Crippen LogP contribution is 2.26. The van der Waals surface area contributed by atoms with Crippen LogP contribution in [0.3, 0.4) is 0 Å². The van der Waals surface area contributed by atoms with Gasteiger partial charge in [0.1, 0.15) is 0 Å². The van der Waals surface area contributed by atoms with Gasteiger partial charge < -0.3 is 16.3 Å². The van der Waals surface area contributed by atoms with Gasteiger partial charge in [-0.1, -0.05) is 24.4 Å². The summed E-state index contributed by atoms with van der Waals surface area (Å²) in [5, 5.41) is 22.1. The maximum atomic E-state index is 12.1. The summed E-state index contributed by atoms with van der Waals surface area (Å²) >= 11 is 0. The maximum absolute atomic E-state index is 12.1. The van der Waals surface area contributed by atoms with Crippen LogP contribution in [0.4, 0.5) is 0 Å². The summed E-state index contributed by atoms with van der Waals surface area (Å²) in [6.45, 7) is 0. The van der Waals surface area contributed by atoms with Crippen molar-refractivity contribution in [3.05, 3.63) is 24.0 Å². The number of amides is 1. The van der Waals surface area contributed by atoms with Crippen LogP contribution in [0.25, 0.3) is 0 Å². The van der Waals surface area contributed by atoms with Crippen LogP contribution in [0.5, 0.6) is 0 Å². The van der Waals surface area contributed by atoms with Crippen LogP contribution in [0.2, 0.25) is 0 Å². The highest BCUT2D eigenvalue weighted by molar-refractivity contribution is 5.98. The normalized spacial score (nSPS) is 18.5. The summed E-state index contributed by atoms with van der Waals surface area (Å²) < 4.78 is 0. The Kier molecular flexibility index (Phi) is 4.86. The van der Waals surface area contributed by atoms with Crippen molar-refractivity contribution in [3.63, 3.8) is 0 Å². The van der Waals surface area contributed by atoms with Crippen LogP contribution >= 0.6 is 0 Å². The Morgan fingerprint density at radius 1 is 1.40 bits per heavy atom. The molecule has 0 aliphatic heterocycles. The number of nitrogens with one attached hydrogen (secondary N) is 1. The summed E-state index contributed by atoms with van der Waals surface area (Å²) in [7, 11) is 0. The third-order valence-electron chi connectivity index (χ3n) is 3.69. The lowest BCUT2D eigenvalue weighted by Gasteiger charge is -2.29. The van der Waals surface area contributed by atoms with Crippen molar-refractivity contribution in [2.45, 2.75) is 38.1 Å². The number of nitrogens with two attached hydrogens (primary N) is 1. The zero-order valence-electron chi connectivity index (χ0n) is 11.2. The fourth-order valence-electron chi connectivity index (χ4n) is 2.61. The van der Waals surface area contributed by atoms with Gasteiger partial charge in [0.05, 0.1) is 24.0 Å². The molecule has 1 saturated carbocycles. The second-order valence-corrected chi connectivity index (χ2v) is 5.01. The smallest absolute Gasteiger partial charge is 0.253 e. The lowest BCUT2D eigenvalue weighted by molar-refractivity contribution is 0.0930. The lowest BCUT2D eigenvalue weighted by Crippen LogP contribution is -2.49. The van der Waals surface area contributed by atoms with Gasteiger partial charge in [-0.05, 0) is 24.8 Å². The molecule has 0 spiro atoms. The van der Waals surface area contributed by atoms with Gasteiger partial charge in [-0.2, -0.15) is 10.2 Å². The van der Waals surface area contributed by atoms with Gasteiger partial charge in [0.15, 0.2) is 5.84 Å². The Morgan fingerprint density at radius 3 is 2.75 bits per heavy atom. The zero-order valence-corrected chi connectivity index (χ0v) is 11.2. The van der Waals surface area contributed by atoms with Gasteiger partial charge in [-0.3, -0.25) is 4.79 Å². The van der Waals surface area contributed by atoms with Crippen LogP contribution in [0, 0.1) is 5.92 Å². The summed E-state index contributed by atoms with van der Waals surface area (Å²) in [6.07, 6.45) is 8.18. The molecule has 1 aromatic rings. The van der Waals surface area contributed by atoms with Crippen LogP contribution in [0.1, 0.15) is 42.5 Å². The molecular weight excluding hydrogens is 258 g/mol. The summed E-state index contributed by atoms with van der Waals surface area (Å²) in [4.78, 5) is 12.1. The molecule has 20 heavy (non-hydrogen) atoms. The molecule has 1 unspecified atom stereocenters. The lowest BCUT2D eigenvalue weighted by atomic mass is 9.83. The molecular formula is C13H19N5O2. The largest absolute Gasteiger partial charge is 0.409 e. The molecule has 2 rings (SSSR count). The van der Waals surface area contributed by atoms with Gasteiger partial charge >= 0.3 is 0 Å². The van der Waals surface area contributed by atoms with E-state index in [0.29, 0.717) is 5.56 Å². The summed E-state index contributed by atoms with van der Waals surface area (Å²) in [5.74, 6) is -0.0345. The van der Waals surface area contributed by atoms with E-state index in [1.165, 1.54) is 18.8 Å². The van der Waals surface area contributed by atoms with Crippen molar-refractivity contribution in [1.82, 2.24) is 15.5 Å². The molecule has 1 heterocycles. The minimum absolute atomic E-state index is 0.0484. The van der Waals surface area contributed by atoms with E-state index < -0.39 is 6.04 Å². The number of carbonyl (C=O) groups excluding carboxylic acids is 1. The molecule has 1 aromatic heterocycles. The second kappa shape index (κ2) is 6.83. The van der Waals surface area contributed by atoms with Gasteiger partial charge in [0, 0.05) is 0 Å². The third-order valence-corrected chi connectivity index (χ3v) is 3.69. The third kappa shape index (κ3) is 3.43. The topological polar surface area (TPSA) is 113 Å². The highest BCUT2D eigenvalue weighted by atomic mass is 16.4. The fraction of sp³-hybridized carbons (Fsp3) is 0.538. The van der Waals surface area contributed by atoms with Crippen LogP contribution < -0.4 is 11.1 Å². The molecule has 0 saturated heterocycles. The Bertz CT molecular complexity index is 471. The van der Waals surface area contributed by atoms with Crippen molar-refractivity contribution >= 4 is 11.7 Å². The van der Waals surface area contributed by atoms with E-state index in [1.807, 2.05) is 0 Å². The number of hydrogen-bond donors (Lipinski definition) is 3. The first-order valence-electron chi connectivity index (χ1n) is 6.77. The first-order valence-corrected chi connectivity index (χ1v) is 6.77. The molecule has 0 aromatic carbocycles. The number of hydrogen-bond acceptors (Lipinski definition) is 5. The SMILES string of the molecule is N/C(=N/O)C(NC(=O)c1ccnnc1)C1CCCCC1. The molecule has 108 valence electrons. The van der Waals surface area contributed by atoms with E-state index in [4.69, 9.17) is 10.9 Å². The molecule has 1 amide bonds. The second-order valence-electron chi connectivity index (χ2n) is 5.01. The Hall–Kier alpha value is -2.18. The van der Waals surface area contributed by atoms with Crippen LogP contribution in [0.15, 0.2) is 23.6 Å². The quantitative estimate of drug-likeness (QED) is 0.327. The molecule has 1 aliphatic carbocycles. The molecule has 0 radical (unpaired) electrons. The summed E-state index contributed by atoms with van der Waals surface area (Å²) in [6, 6.07) is 1.13. The van der Waals surface area contributed by atoms with Crippen molar-refractivity contribution in [1.29, 1.82) is 0 Å². The predicted molar refractivity (Wildman–Crippen MR) is 73.3 cm³/mol. The van der Waals surface area contributed by atoms with Crippen molar-refractivity contribution in [2.75, 3.05) is 0 Å². The average molecular weight is 277 g/mol. The van der Waals surface area contributed by atoms with Gasteiger partial charge in [0.25, 0.3) is 5.91 Å². The average Bonchev–Trinajstić information content (AvgIpc) is 2.53. The van der Waals surface area contributed by atoms with E-state index in [0.717, 1.165) is 25.7 Å². The molecule has 1 fully saturated rings. The van der Waals surface area contributed by atoms with E-state index in [9.17, 15) is 4.79 Å². The predicted octanol–water partition coefficient (Wildman–Crippen LogP) is 0.902. The highest BCUT2D eigenvalue weighted by Gasteiger charge is 2.28. The zero-order chi connectivity index (χ0) is 14.4. The number of nitrogens with zero attached hydrogens (tertiary/aromatic N) is 3. The van der Waals surface area contributed by atoms with Gasteiger partial charge in [-0.15, -0.1) is 0 Å². The number of amidine groups is 1. The molecule has 1 atom stereocenters. The fourth-order valence-corrected chi connectivity index (χ4v) is 2.61. The Labute approximate surface area is 117 Å². The van der Waals surface area contributed by atoms with E-state index in [-0.39, 0.29) is 17.7 Å². The minimum Gasteiger partial charge on any atom is -0.409 e. The molecule has 7 heteroatoms. The van der Waals surface area contributed by atoms with Gasteiger partial charge in [0.2, 0.25) is 0 Å². The molecule has 1 aliphatic rings. The Balaban J connectivity index is 2.09. The summed E-state index contributed by atoms with van der Waals surface area (Å²) in [5.41, 5.74) is 6.14. The number of aromatic nitrogens is 2. The molecule has 4 N–H and O–H groups in total. The van der Waals surface area contributed by atoms with E-state index in [1.54, 1.807) is 6.07 Å². The van der Waals surface area contributed by atoms with Crippen LogP contribution in [-0.2, 0) is 0 Å². The first-order chi connectivity index (χ1) is 9.72. The van der Waals surface area contributed by atoms with E-state index >= 15 is 0 Å². The van der Waals surface area contributed by atoms with Gasteiger partial charge in [-0.25, -0.2) is 0 Å². The standard InChI is InChI=1S/C13H19N5O2/c14-12(18-20)11(9-4-2-1-3-5-9)17-13(19)10-6-7-15-16-8-10/h6-9,11,20H,1-5H2,(H2,14,18)(H,17,19). The number of rotatable bonds is 4. The monoisotopic (exact) mass is 277 g/mol. The number of carbonyl (C=O) groups is 1. The Morgan fingerprint density at radius 2 is 2.15 bits per heavy atom. The van der Waals surface area contributed by atoms with Crippen LogP contribution in [-0.4, -0.2) is 33.2 Å². The number of oxime groups is 1. The van der Waals surface area contributed by atoms with Crippen molar-refractivity contribution in [3.8, 4) is 0 Å². The minimum atomic E-state index is -0.444. The van der Waals surface area contributed by atoms with Crippen molar-refractivity contribution in [2.24, 2.45) is 16.8 Å². The van der Waals surface area contributed by atoms with Crippen molar-refractivity contribution < 1.29 is 10.0 Å². The molecule has 0 bridgehead atoms.